The van der Waals surface area contributed by atoms with Gasteiger partial charge < -0.3 is 9.64 Å². The van der Waals surface area contributed by atoms with Gasteiger partial charge in [-0.2, -0.15) is 0 Å². The van der Waals surface area contributed by atoms with Crippen molar-refractivity contribution in [3.63, 3.8) is 0 Å². The zero-order chi connectivity index (χ0) is 20.8. The SMILES string of the molecule is O=C(c1cccc(COc2cccc(Br)c2)c1)N1CCN(Cc2ccccc2)CC1. The fraction of sp³-hybridized carbons (Fsp3) is 0.240. The largest absolute Gasteiger partial charge is 0.489 e. The molecule has 0 atom stereocenters. The van der Waals surface area contributed by atoms with Crippen molar-refractivity contribution in [3.8, 4) is 5.75 Å². The van der Waals surface area contributed by atoms with E-state index in [1.165, 1.54) is 5.56 Å². The third kappa shape index (κ3) is 5.49. The summed E-state index contributed by atoms with van der Waals surface area (Å²) in [4.78, 5) is 17.4. The first-order valence-corrected chi connectivity index (χ1v) is 11.0. The molecule has 1 saturated heterocycles. The van der Waals surface area contributed by atoms with Crippen LogP contribution in [0.1, 0.15) is 21.5 Å². The standard InChI is InChI=1S/C25H25BrN2O2/c26-23-10-5-11-24(17-23)30-19-21-8-4-9-22(16-21)25(29)28-14-12-27(13-15-28)18-20-6-2-1-3-7-20/h1-11,16-17H,12-15,18-19H2. The summed E-state index contributed by atoms with van der Waals surface area (Å²) in [5.41, 5.74) is 3.03. The number of halogens is 1. The number of carbonyl (C=O) groups excluding carboxylic acids is 1. The lowest BCUT2D eigenvalue weighted by Gasteiger charge is -2.34. The van der Waals surface area contributed by atoms with Gasteiger partial charge in [0.15, 0.2) is 0 Å². The Kier molecular flexibility index (Phi) is 6.82. The van der Waals surface area contributed by atoms with Crippen LogP contribution >= 0.6 is 15.9 Å². The Morgan fingerprint density at radius 1 is 0.833 bits per heavy atom. The van der Waals surface area contributed by atoms with E-state index < -0.39 is 0 Å². The molecule has 30 heavy (non-hydrogen) atoms. The quantitative estimate of drug-likeness (QED) is 0.515. The fourth-order valence-corrected chi connectivity index (χ4v) is 4.03. The number of amides is 1. The van der Waals surface area contributed by atoms with Crippen molar-refractivity contribution < 1.29 is 9.53 Å². The molecule has 4 nitrogen and oxygen atoms in total. The molecule has 0 aliphatic carbocycles. The van der Waals surface area contributed by atoms with E-state index in [4.69, 9.17) is 4.74 Å². The summed E-state index contributed by atoms with van der Waals surface area (Å²) >= 11 is 3.45. The number of carbonyl (C=O) groups is 1. The summed E-state index contributed by atoms with van der Waals surface area (Å²) in [7, 11) is 0. The van der Waals surface area contributed by atoms with Crippen LogP contribution in [0.25, 0.3) is 0 Å². The predicted molar refractivity (Wildman–Crippen MR) is 123 cm³/mol. The number of piperazine rings is 1. The second kappa shape index (κ2) is 9.92. The van der Waals surface area contributed by atoms with Crippen LogP contribution in [0.4, 0.5) is 0 Å². The third-order valence-electron chi connectivity index (χ3n) is 5.28. The highest BCUT2D eigenvalue weighted by atomic mass is 79.9. The van der Waals surface area contributed by atoms with Crippen molar-refractivity contribution in [3.05, 3.63) is 100 Å². The lowest BCUT2D eigenvalue weighted by molar-refractivity contribution is 0.0628. The van der Waals surface area contributed by atoms with Crippen molar-refractivity contribution in [2.24, 2.45) is 0 Å². The molecule has 0 N–H and O–H groups in total. The molecule has 0 saturated carbocycles. The summed E-state index contributed by atoms with van der Waals surface area (Å²) in [5, 5.41) is 0. The first-order chi connectivity index (χ1) is 14.7. The number of ether oxygens (including phenoxy) is 1. The molecule has 1 heterocycles. The molecule has 1 aliphatic rings. The van der Waals surface area contributed by atoms with Gasteiger partial charge in [-0.3, -0.25) is 9.69 Å². The minimum absolute atomic E-state index is 0.0960. The van der Waals surface area contributed by atoms with E-state index in [0.29, 0.717) is 6.61 Å². The third-order valence-corrected chi connectivity index (χ3v) is 5.78. The molecule has 1 amide bonds. The number of hydrogen-bond acceptors (Lipinski definition) is 3. The van der Waals surface area contributed by atoms with Gasteiger partial charge in [-0.1, -0.05) is 64.5 Å². The van der Waals surface area contributed by atoms with Crippen LogP contribution in [-0.4, -0.2) is 41.9 Å². The van der Waals surface area contributed by atoms with Gasteiger partial charge in [-0.25, -0.2) is 0 Å². The molecule has 0 bridgehead atoms. The highest BCUT2D eigenvalue weighted by Crippen LogP contribution is 2.19. The van der Waals surface area contributed by atoms with Crippen molar-refractivity contribution in [2.45, 2.75) is 13.2 Å². The van der Waals surface area contributed by atoms with E-state index in [-0.39, 0.29) is 5.91 Å². The molecule has 0 unspecified atom stereocenters. The van der Waals surface area contributed by atoms with Crippen LogP contribution in [0.3, 0.4) is 0 Å². The van der Waals surface area contributed by atoms with Crippen LogP contribution in [0, 0.1) is 0 Å². The molecule has 3 aromatic carbocycles. The maximum absolute atomic E-state index is 13.0. The summed E-state index contributed by atoms with van der Waals surface area (Å²) in [6, 6.07) is 26.0. The summed E-state index contributed by atoms with van der Waals surface area (Å²) in [5.74, 6) is 0.898. The average molecular weight is 465 g/mol. The Balaban J connectivity index is 1.32. The zero-order valence-electron chi connectivity index (χ0n) is 16.8. The lowest BCUT2D eigenvalue weighted by Crippen LogP contribution is -2.48. The second-order valence-corrected chi connectivity index (χ2v) is 8.42. The number of nitrogens with zero attached hydrogens (tertiary/aromatic N) is 2. The van der Waals surface area contributed by atoms with Crippen LogP contribution < -0.4 is 4.74 Å². The number of hydrogen-bond donors (Lipinski definition) is 0. The highest BCUT2D eigenvalue weighted by molar-refractivity contribution is 9.10. The average Bonchev–Trinajstić information content (AvgIpc) is 2.79. The van der Waals surface area contributed by atoms with Gasteiger partial charge in [0.05, 0.1) is 0 Å². The maximum Gasteiger partial charge on any atom is 0.253 e. The lowest BCUT2D eigenvalue weighted by atomic mass is 10.1. The van der Waals surface area contributed by atoms with Gasteiger partial charge in [0, 0.05) is 42.8 Å². The summed E-state index contributed by atoms with van der Waals surface area (Å²) < 4.78 is 6.84. The molecule has 3 aromatic rings. The first kappa shape index (κ1) is 20.6. The van der Waals surface area contributed by atoms with Crippen LogP contribution in [0.5, 0.6) is 5.75 Å². The maximum atomic E-state index is 13.0. The summed E-state index contributed by atoms with van der Waals surface area (Å²) in [6.07, 6.45) is 0. The van der Waals surface area contributed by atoms with Crippen molar-refractivity contribution in [2.75, 3.05) is 26.2 Å². The van der Waals surface area contributed by atoms with Crippen molar-refractivity contribution in [1.29, 1.82) is 0 Å². The Labute approximate surface area is 186 Å². The molecule has 5 heteroatoms. The Bertz CT molecular complexity index is 985. The Morgan fingerprint density at radius 2 is 1.57 bits per heavy atom. The van der Waals surface area contributed by atoms with E-state index in [1.54, 1.807) is 0 Å². The van der Waals surface area contributed by atoms with Crippen molar-refractivity contribution >= 4 is 21.8 Å². The van der Waals surface area contributed by atoms with Crippen molar-refractivity contribution in [1.82, 2.24) is 9.80 Å². The van der Waals surface area contributed by atoms with E-state index in [1.807, 2.05) is 59.5 Å². The van der Waals surface area contributed by atoms with E-state index in [2.05, 4.69) is 45.1 Å². The van der Waals surface area contributed by atoms with Crippen LogP contribution in [-0.2, 0) is 13.2 Å². The summed E-state index contributed by atoms with van der Waals surface area (Å²) in [6.45, 7) is 4.67. The minimum Gasteiger partial charge on any atom is -0.489 e. The predicted octanol–water partition coefficient (Wildman–Crippen LogP) is 4.99. The van der Waals surface area contributed by atoms with Gasteiger partial charge in [0.25, 0.3) is 5.91 Å². The van der Waals surface area contributed by atoms with Crippen LogP contribution in [0.15, 0.2) is 83.3 Å². The highest BCUT2D eigenvalue weighted by Gasteiger charge is 2.22. The molecule has 1 fully saturated rings. The molecule has 154 valence electrons. The van der Waals surface area contributed by atoms with Gasteiger partial charge in [0.1, 0.15) is 12.4 Å². The molecule has 0 radical (unpaired) electrons. The van der Waals surface area contributed by atoms with Gasteiger partial charge in [-0.15, -0.1) is 0 Å². The molecular formula is C25H25BrN2O2. The monoisotopic (exact) mass is 464 g/mol. The zero-order valence-corrected chi connectivity index (χ0v) is 18.4. The minimum atomic E-state index is 0.0960. The topological polar surface area (TPSA) is 32.8 Å². The Morgan fingerprint density at radius 3 is 2.33 bits per heavy atom. The molecule has 1 aliphatic heterocycles. The first-order valence-electron chi connectivity index (χ1n) is 10.2. The van der Waals surface area contributed by atoms with E-state index >= 15 is 0 Å². The molecular weight excluding hydrogens is 440 g/mol. The van der Waals surface area contributed by atoms with E-state index in [0.717, 1.165) is 54.1 Å². The van der Waals surface area contributed by atoms with Gasteiger partial charge >= 0.3 is 0 Å². The second-order valence-electron chi connectivity index (χ2n) is 7.50. The molecule has 0 aromatic heterocycles. The fourth-order valence-electron chi connectivity index (χ4n) is 3.65. The normalized spacial score (nSPS) is 14.5. The number of benzene rings is 3. The Hall–Kier alpha value is -2.63. The molecule has 0 spiro atoms. The smallest absolute Gasteiger partial charge is 0.253 e. The van der Waals surface area contributed by atoms with Crippen LogP contribution in [0.2, 0.25) is 0 Å². The van der Waals surface area contributed by atoms with E-state index in [9.17, 15) is 4.79 Å². The van der Waals surface area contributed by atoms with Gasteiger partial charge in [-0.05, 0) is 41.5 Å². The molecule has 4 rings (SSSR count). The number of rotatable bonds is 6. The van der Waals surface area contributed by atoms with Gasteiger partial charge in [0.2, 0.25) is 0 Å².